The number of ether oxygens (including phenoxy) is 1. The van der Waals surface area contributed by atoms with Gasteiger partial charge in [-0.1, -0.05) is 0 Å². The highest BCUT2D eigenvalue weighted by molar-refractivity contribution is 5.52. The summed E-state index contributed by atoms with van der Waals surface area (Å²) in [6, 6.07) is 3.81. The van der Waals surface area contributed by atoms with E-state index in [4.69, 9.17) is 4.74 Å². The molecule has 5 rings (SSSR count). The zero-order valence-electron chi connectivity index (χ0n) is 15.9. The van der Waals surface area contributed by atoms with Crippen LogP contribution in [-0.2, 0) is 4.74 Å². The molecule has 1 saturated carbocycles. The Hall–Kier alpha value is -2.29. The van der Waals surface area contributed by atoms with E-state index in [1.54, 1.807) is 4.68 Å². The number of alkyl halides is 2. The third kappa shape index (κ3) is 3.32. The first kappa shape index (κ1) is 17.8. The first-order valence-electron chi connectivity index (χ1n) is 9.79. The van der Waals surface area contributed by atoms with E-state index in [9.17, 15) is 8.78 Å². The number of halogens is 2. The minimum absolute atomic E-state index is 0.0372. The van der Waals surface area contributed by atoms with Crippen molar-refractivity contribution in [2.75, 3.05) is 36.5 Å². The van der Waals surface area contributed by atoms with Crippen molar-refractivity contribution in [2.45, 2.75) is 44.6 Å². The summed E-state index contributed by atoms with van der Waals surface area (Å²) in [5.74, 6) is -0.566. The quantitative estimate of drug-likeness (QED) is 0.866. The van der Waals surface area contributed by atoms with Gasteiger partial charge in [0, 0.05) is 44.2 Å². The van der Waals surface area contributed by atoms with Gasteiger partial charge in [0.1, 0.15) is 5.82 Å². The fourth-order valence-electron chi connectivity index (χ4n) is 4.17. The fourth-order valence-corrected chi connectivity index (χ4v) is 4.17. The van der Waals surface area contributed by atoms with Crippen molar-refractivity contribution < 1.29 is 13.5 Å². The molecule has 1 aliphatic carbocycles. The lowest BCUT2D eigenvalue weighted by atomic mass is 9.78. The van der Waals surface area contributed by atoms with E-state index in [1.807, 2.05) is 25.3 Å². The molecule has 1 spiro atoms. The lowest BCUT2D eigenvalue weighted by molar-refractivity contribution is -0.127. The number of aromatic nitrogens is 4. The Morgan fingerprint density at radius 3 is 2.46 bits per heavy atom. The monoisotopic (exact) mass is 390 g/mol. The van der Waals surface area contributed by atoms with Gasteiger partial charge in [-0.15, -0.1) is 0 Å². The molecule has 0 unspecified atom stereocenters. The number of nitrogens with one attached hydrogen (secondary N) is 1. The molecule has 9 heteroatoms. The van der Waals surface area contributed by atoms with Gasteiger partial charge in [-0.2, -0.15) is 15.1 Å². The molecule has 0 atom stereocenters. The van der Waals surface area contributed by atoms with Crippen molar-refractivity contribution in [1.29, 1.82) is 0 Å². The zero-order chi connectivity index (χ0) is 19.4. The van der Waals surface area contributed by atoms with Crippen LogP contribution in [0.4, 0.5) is 20.5 Å². The van der Waals surface area contributed by atoms with Crippen LogP contribution in [-0.4, -0.2) is 58.0 Å². The van der Waals surface area contributed by atoms with Crippen molar-refractivity contribution in [2.24, 2.45) is 5.41 Å². The van der Waals surface area contributed by atoms with Crippen LogP contribution in [0.25, 0.3) is 5.82 Å². The van der Waals surface area contributed by atoms with Crippen molar-refractivity contribution in [3.05, 3.63) is 24.0 Å². The summed E-state index contributed by atoms with van der Waals surface area (Å²) < 4.78 is 34.0. The molecule has 2 saturated heterocycles. The Bertz CT molecular complexity index is 863. The van der Waals surface area contributed by atoms with Gasteiger partial charge in [-0.25, -0.2) is 13.5 Å². The molecule has 0 bridgehead atoms. The van der Waals surface area contributed by atoms with E-state index in [0.29, 0.717) is 24.6 Å². The number of aryl methyl sites for hydroxylation is 1. The van der Waals surface area contributed by atoms with Gasteiger partial charge in [-0.3, -0.25) is 0 Å². The molecule has 0 radical (unpaired) electrons. The van der Waals surface area contributed by atoms with Gasteiger partial charge in [0.05, 0.1) is 24.3 Å². The molecule has 150 valence electrons. The smallest absolute Gasteiger partial charge is 0.248 e. The van der Waals surface area contributed by atoms with Crippen LogP contribution < -0.4 is 10.2 Å². The van der Waals surface area contributed by atoms with Gasteiger partial charge in [0.2, 0.25) is 11.9 Å². The summed E-state index contributed by atoms with van der Waals surface area (Å²) in [5, 5.41) is 7.73. The Labute approximate surface area is 162 Å². The Kier molecular flexibility index (Phi) is 4.04. The maximum atomic E-state index is 13.5. The van der Waals surface area contributed by atoms with Crippen LogP contribution >= 0.6 is 0 Å². The van der Waals surface area contributed by atoms with Crippen LogP contribution in [0, 0.1) is 12.3 Å². The highest BCUT2D eigenvalue weighted by Gasteiger charge is 2.49. The summed E-state index contributed by atoms with van der Waals surface area (Å²) in [5.41, 5.74) is 1.18. The predicted molar refractivity (Wildman–Crippen MR) is 100 cm³/mol. The lowest BCUT2D eigenvalue weighted by Crippen LogP contribution is -2.66. The van der Waals surface area contributed by atoms with E-state index in [0.717, 1.165) is 37.8 Å². The second-order valence-electron chi connectivity index (χ2n) is 8.43. The standard InChI is InChI=1S/C19H24F2N6O/c1-13-4-7-27(25-13)16-8-15(26-9-18(10-26)11-28-12-18)23-17(24-16)22-14-2-5-19(20,21)6-3-14/h4,7-8,14H,2-3,5-6,9-12H2,1H3,(H,22,23,24). The van der Waals surface area contributed by atoms with Crippen LogP contribution in [0.15, 0.2) is 18.3 Å². The first-order chi connectivity index (χ1) is 13.4. The minimum atomic E-state index is -2.55. The van der Waals surface area contributed by atoms with Crippen LogP contribution in [0.1, 0.15) is 31.4 Å². The number of anilines is 2. The SMILES string of the molecule is Cc1ccn(-c2cc(N3CC4(COC4)C3)nc(NC3CCC(F)(F)CC3)n2)n1. The lowest BCUT2D eigenvalue weighted by Gasteiger charge is -2.55. The normalized spacial score (nSPS) is 23.3. The Balaban J connectivity index is 1.38. The van der Waals surface area contributed by atoms with E-state index in [1.165, 1.54) is 0 Å². The molecule has 3 fully saturated rings. The highest BCUT2D eigenvalue weighted by atomic mass is 19.3. The Morgan fingerprint density at radius 2 is 1.86 bits per heavy atom. The van der Waals surface area contributed by atoms with Crippen molar-refractivity contribution >= 4 is 11.8 Å². The summed E-state index contributed by atoms with van der Waals surface area (Å²) >= 11 is 0. The molecule has 3 aliphatic rings. The number of rotatable bonds is 4. The van der Waals surface area contributed by atoms with Crippen LogP contribution in [0.2, 0.25) is 0 Å². The molecule has 4 heterocycles. The minimum Gasteiger partial charge on any atom is -0.380 e. The molecular weight excluding hydrogens is 366 g/mol. The van der Waals surface area contributed by atoms with E-state index >= 15 is 0 Å². The largest absolute Gasteiger partial charge is 0.380 e. The van der Waals surface area contributed by atoms with Gasteiger partial charge < -0.3 is 15.0 Å². The number of nitrogens with zero attached hydrogens (tertiary/aromatic N) is 5. The molecule has 1 N–H and O–H groups in total. The van der Waals surface area contributed by atoms with Crippen LogP contribution in [0.5, 0.6) is 0 Å². The predicted octanol–water partition coefficient (Wildman–Crippen LogP) is 2.80. The summed E-state index contributed by atoms with van der Waals surface area (Å²) in [6.07, 6.45) is 2.51. The van der Waals surface area contributed by atoms with Gasteiger partial charge in [0.15, 0.2) is 5.82 Å². The van der Waals surface area contributed by atoms with Crippen molar-refractivity contribution in [3.8, 4) is 5.82 Å². The van der Waals surface area contributed by atoms with Crippen molar-refractivity contribution in [1.82, 2.24) is 19.7 Å². The number of hydrogen-bond donors (Lipinski definition) is 1. The van der Waals surface area contributed by atoms with Crippen molar-refractivity contribution in [3.63, 3.8) is 0 Å². The van der Waals surface area contributed by atoms with Gasteiger partial charge >= 0.3 is 0 Å². The molecular formula is C19H24F2N6O. The zero-order valence-corrected chi connectivity index (χ0v) is 15.9. The van der Waals surface area contributed by atoms with Crippen LogP contribution in [0.3, 0.4) is 0 Å². The van der Waals surface area contributed by atoms with E-state index in [-0.39, 0.29) is 24.3 Å². The fraction of sp³-hybridized carbons (Fsp3) is 0.632. The molecule has 2 aromatic rings. The third-order valence-electron chi connectivity index (χ3n) is 5.90. The third-order valence-corrected chi connectivity index (χ3v) is 5.90. The molecule has 0 amide bonds. The second kappa shape index (κ2) is 6.37. The van der Waals surface area contributed by atoms with E-state index < -0.39 is 5.92 Å². The average molecular weight is 390 g/mol. The maximum absolute atomic E-state index is 13.5. The topological polar surface area (TPSA) is 68.1 Å². The number of hydrogen-bond acceptors (Lipinski definition) is 6. The summed E-state index contributed by atoms with van der Waals surface area (Å²) in [4.78, 5) is 11.5. The summed E-state index contributed by atoms with van der Waals surface area (Å²) in [6.45, 7) is 5.37. The second-order valence-corrected chi connectivity index (χ2v) is 8.43. The molecule has 0 aromatic carbocycles. The molecule has 2 aliphatic heterocycles. The highest BCUT2D eigenvalue weighted by Crippen LogP contribution is 2.40. The molecule has 7 nitrogen and oxygen atoms in total. The Morgan fingerprint density at radius 1 is 1.14 bits per heavy atom. The summed E-state index contributed by atoms with van der Waals surface area (Å²) in [7, 11) is 0. The molecule has 2 aromatic heterocycles. The first-order valence-corrected chi connectivity index (χ1v) is 9.79. The molecule has 28 heavy (non-hydrogen) atoms. The van der Waals surface area contributed by atoms with Gasteiger partial charge in [-0.05, 0) is 25.8 Å². The average Bonchev–Trinajstić information content (AvgIpc) is 3.01. The van der Waals surface area contributed by atoms with E-state index in [2.05, 4.69) is 25.3 Å². The van der Waals surface area contributed by atoms with Gasteiger partial charge in [0.25, 0.3) is 0 Å². The maximum Gasteiger partial charge on any atom is 0.248 e.